The van der Waals surface area contributed by atoms with Crippen LogP contribution in [-0.4, -0.2) is 23.2 Å². The Hall–Kier alpha value is -3.48. The van der Waals surface area contributed by atoms with Crippen LogP contribution >= 0.6 is 11.3 Å². The summed E-state index contributed by atoms with van der Waals surface area (Å²) < 4.78 is 63.7. The van der Waals surface area contributed by atoms with Crippen molar-refractivity contribution in [3.8, 4) is 33.6 Å². The van der Waals surface area contributed by atoms with E-state index in [1.807, 2.05) is 54.7 Å². The molecule has 0 saturated carbocycles. The standard InChI is InChI=1S/C24H15FNS.C15H18GeN.Ir/c1-15-13-21(26-14-19(15)16-7-3-2-4-8-16)17-9-5-10-18-23-20(25)11-6-12-22(23)27-24(17)18;1-12-5-7-13(8-6-12)15-10-9-14(11-17-15)16(2,3)4;/h2-8,10-14H,1H3;5-7,9-11H,1-4H3;/q2*-1;/i2*1D3;. The number of aryl methyl sites for hydroxylation is 2. The average molecular weight is 852 g/mol. The van der Waals surface area contributed by atoms with Crippen LogP contribution in [0.4, 0.5) is 4.39 Å². The van der Waals surface area contributed by atoms with Crippen LogP contribution < -0.4 is 4.40 Å². The van der Waals surface area contributed by atoms with Crippen molar-refractivity contribution < 1.29 is 32.7 Å². The monoisotopic (exact) mass is 853 g/mol. The van der Waals surface area contributed by atoms with Crippen LogP contribution in [-0.2, 0) is 20.1 Å². The van der Waals surface area contributed by atoms with E-state index in [0.717, 1.165) is 31.6 Å². The number of halogens is 1. The Kier molecular flexibility index (Phi) is 7.92. The Morgan fingerprint density at radius 3 is 2.33 bits per heavy atom. The van der Waals surface area contributed by atoms with Gasteiger partial charge in [0.2, 0.25) is 0 Å². The van der Waals surface area contributed by atoms with Gasteiger partial charge >= 0.3 is 110 Å². The number of hydrogen-bond acceptors (Lipinski definition) is 3. The van der Waals surface area contributed by atoms with Gasteiger partial charge in [0, 0.05) is 46.1 Å². The van der Waals surface area contributed by atoms with Crippen LogP contribution in [0.1, 0.15) is 19.4 Å². The predicted octanol–water partition coefficient (Wildman–Crippen LogP) is 10.4. The minimum Gasteiger partial charge on any atom is -0.304 e. The third-order valence-electron chi connectivity index (χ3n) is 7.37. The molecule has 2 nitrogen and oxygen atoms in total. The summed E-state index contributed by atoms with van der Waals surface area (Å²) in [6.45, 7) is -4.38. The first-order valence-electron chi connectivity index (χ1n) is 17.2. The van der Waals surface area contributed by atoms with Crippen LogP contribution in [0, 0.1) is 31.7 Å². The molecular formula is C39H33FGeIrN2S-2. The molecule has 0 fully saturated rings. The molecule has 0 aliphatic heterocycles. The minimum absolute atomic E-state index is 0. The first-order chi connectivity index (χ1) is 23.6. The van der Waals surface area contributed by atoms with E-state index in [4.69, 9.17) is 8.22 Å². The van der Waals surface area contributed by atoms with Crippen LogP contribution in [0.15, 0.2) is 109 Å². The van der Waals surface area contributed by atoms with Gasteiger partial charge in [-0.15, -0.1) is 23.8 Å². The maximum atomic E-state index is 14.5. The number of thiophene rings is 1. The first kappa shape index (κ1) is 25.7. The van der Waals surface area contributed by atoms with Gasteiger partial charge in [-0.3, -0.25) is 0 Å². The average Bonchev–Trinajstić information content (AvgIpc) is 3.48. The van der Waals surface area contributed by atoms with Gasteiger partial charge in [-0.25, -0.2) is 4.39 Å². The summed E-state index contributed by atoms with van der Waals surface area (Å²) in [4.78, 5) is 9.06. The Morgan fingerprint density at radius 2 is 1.64 bits per heavy atom. The Balaban J connectivity index is 0.000000211. The molecule has 0 N–H and O–H groups in total. The molecule has 0 bridgehead atoms. The molecule has 3 aromatic heterocycles. The summed E-state index contributed by atoms with van der Waals surface area (Å²) in [5.74, 6) is 6.71. The van der Waals surface area contributed by atoms with Gasteiger partial charge in [-0.05, 0) is 40.5 Å². The molecule has 3 heterocycles. The molecule has 7 rings (SSSR count). The molecule has 6 heteroatoms. The topological polar surface area (TPSA) is 25.8 Å². The Bertz CT molecular complexity index is 2230. The molecule has 0 spiro atoms. The van der Waals surface area contributed by atoms with Crippen molar-refractivity contribution in [2.24, 2.45) is 0 Å². The quantitative estimate of drug-likeness (QED) is 0.130. The molecule has 0 unspecified atom stereocenters. The van der Waals surface area contributed by atoms with Gasteiger partial charge in [0.1, 0.15) is 5.82 Å². The molecule has 7 aromatic rings. The van der Waals surface area contributed by atoms with Gasteiger partial charge in [0.05, 0.1) is 0 Å². The van der Waals surface area contributed by atoms with Crippen molar-refractivity contribution in [1.29, 1.82) is 0 Å². The number of fused-ring (bicyclic) bond motifs is 3. The molecule has 0 amide bonds. The maximum Gasteiger partial charge on any atom is 0.130 e. The summed E-state index contributed by atoms with van der Waals surface area (Å²) in [6.07, 6.45) is 3.55. The van der Waals surface area contributed by atoms with Crippen molar-refractivity contribution in [1.82, 2.24) is 9.97 Å². The van der Waals surface area contributed by atoms with E-state index in [1.165, 1.54) is 27.9 Å². The SMILES string of the molecule is [2H]C([2H])([2H])c1c[c-]c(-c2cc[c]([Ge]([CH3])([CH3])[CH3])cn2)cc1.[2H]C([2H])([2H])c1cc(-c2[c-]ccc3c2sc2cccc(F)c23)ncc1-c1ccccc1.[Ir]. The second-order valence-corrected chi connectivity index (χ2v) is 23.2. The fourth-order valence-corrected chi connectivity index (χ4v) is 8.35. The molecular weight excluding hydrogens is 812 g/mol. The predicted molar refractivity (Wildman–Crippen MR) is 188 cm³/mol. The van der Waals surface area contributed by atoms with Gasteiger partial charge < -0.3 is 4.98 Å². The molecule has 227 valence electrons. The molecule has 0 aliphatic rings. The van der Waals surface area contributed by atoms with E-state index in [-0.39, 0.29) is 31.5 Å². The zero-order chi connectivity index (χ0) is 35.8. The van der Waals surface area contributed by atoms with Gasteiger partial charge in [-0.2, -0.15) is 11.3 Å². The van der Waals surface area contributed by atoms with Crippen LogP contribution in [0.25, 0.3) is 53.8 Å². The molecule has 0 saturated heterocycles. The number of pyridine rings is 2. The molecule has 45 heavy (non-hydrogen) atoms. The van der Waals surface area contributed by atoms with Gasteiger partial charge in [-0.1, -0.05) is 47.9 Å². The molecule has 0 aliphatic carbocycles. The smallest absolute Gasteiger partial charge is 0.130 e. The molecule has 1 radical (unpaired) electrons. The van der Waals surface area contributed by atoms with E-state index in [9.17, 15) is 4.39 Å². The Morgan fingerprint density at radius 1 is 0.822 bits per heavy atom. The van der Waals surface area contributed by atoms with Crippen molar-refractivity contribution in [2.75, 3.05) is 0 Å². The second-order valence-electron chi connectivity index (χ2n) is 11.5. The third kappa shape index (κ3) is 7.18. The van der Waals surface area contributed by atoms with Crippen molar-refractivity contribution in [3.05, 3.63) is 139 Å². The fourth-order valence-electron chi connectivity index (χ4n) is 4.96. The number of rotatable bonds is 4. The van der Waals surface area contributed by atoms with Crippen LogP contribution in [0.3, 0.4) is 0 Å². The van der Waals surface area contributed by atoms with E-state index in [2.05, 4.69) is 45.4 Å². The second kappa shape index (κ2) is 13.9. The zero-order valence-electron chi connectivity index (χ0n) is 30.9. The van der Waals surface area contributed by atoms with Gasteiger partial charge in [0.15, 0.2) is 0 Å². The van der Waals surface area contributed by atoms with E-state index < -0.39 is 27.0 Å². The minimum atomic E-state index is -2.30. The summed E-state index contributed by atoms with van der Waals surface area (Å²) >= 11 is -0.372. The maximum absolute atomic E-state index is 14.5. The van der Waals surface area contributed by atoms with E-state index in [0.29, 0.717) is 27.8 Å². The van der Waals surface area contributed by atoms with Crippen molar-refractivity contribution in [3.63, 3.8) is 0 Å². The van der Waals surface area contributed by atoms with Crippen LogP contribution in [0.2, 0.25) is 17.3 Å². The molecule has 4 aromatic carbocycles. The summed E-state index contributed by atoms with van der Waals surface area (Å²) in [5, 5.41) is 1.36. The fraction of sp³-hybridized carbons (Fsp3) is 0.128. The number of benzene rings is 4. The van der Waals surface area contributed by atoms with Crippen molar-refractivity contribution >= 4 is 49.2 Å². The summed E-state index contributed by atoms with van der Waals surface area (Å²) in [7, 11) is 0. The summed E-state index contributed by atoms with van der Waals surface area (Å²) in [5.41, 5.74) is 4.77. The van der Waals surface area contributed by atoms with Crippen molar-refractivity contribution in [2.45, 2.75) is 31.0 Å². The summed E-state index contributed by atoms with van der Waals surface area (Å²) in [6, 6.07) is 34.8. The Labute approximate surface area is 293 Å². The molecule has 0 atom stereocenters. The largest absolute Gasteiger partial charge is 0.304 e. The third-order valence-corrected chi connectivity index (χ3v) is 12.8. The zero-order valence-corrected chi connectivity index (χ0v) is 30.2. The normalized spacial score (nSPS) is 13.7. The number of nitrogens with zero attached hydrogens (tertiary/aromatic N) is 2. The number of aromatic nitrogens is 2. The van der Waals surface area contributed by atoms with Gasteiger partial charge in [0.25, 0.3) is 0 Å². The van der Waals surface area contributed by atoms with Crippen LogP contribution in [0.5, 0.6) is 0 Å². The number of hydrogen-bond donors (Lipinski definition) is 0. The van der Waals surface area contributed by atoms with E-state index >= 15 is 0 Å². The first-order valence-corrected chi connectivity index (χ1v) is 22.3. The van der Waals surface area contributed by atoms with E-state index in [1.54, 1.807) is 36.5 Å².